The van der Waals surface area contributed by atoms with Gasteiger partial charge < -0.3 is 20.7 Å². The number of anilines is 1. The Hall–Kier alpha value is -1.63. The molecule has 7 heteroatoms. The van der Waals surface area contributed by atoms with Crippen molar-refractivity contribution in [3.63, 3.8) is 0 Å². The Balaban J connectivity index is 0.00000208. The number of fused-ring (bicyclic) bond motifs is 1. The number of para-hydroxylation sites is 1. The van der Waals surface area contributed by atoms with Crippen molar-refractivity contribution in [1.82, 2.24) is 5.32 Å². The molecule has 2 amide bonds. The second kappa shape index (κ2) is 7.96. The van der Waals surface area contributed by atoms with Gasteiger partial charge >= 0.3 is 0 Å². The van der Waals surface area contributed by atoms with Crippen molar-refractivity contribution in [2.45, 2.75) is 19.3 Å². The first-order valence-corrected chi connectivity index (χ1v) is 8.11. The molecule has 3 N–H and O–H groups in total. The maximum Gasteiger partial charge on any atom is 0.231 e. The lowest BCUT2D eigenvalue weighted by atomic mass is 9.79. The predicted octanol–water partition coefficient (Wildman–Crippen LogP) is 0.869. The van der Waals surface area contributed by atoms with Crippen LogP contribution >= 0.6 is 12.4 Å². The Labute approximate surface area is 148 Å². The summed E-state index contributed by atoms with van der Waals surface area (Å²) in [5.41, 5.74) is 7.31. The van der Waals surface area contributed by atoms with E-state index in [0.717, 1.165) is 11.3 Å². The summed E-state index contributed by atoms with van der Waals surface area (Å²) in [6.45, 7) is 2.39. The molecule has 2 aliphatic heterocycles. The van der Waals surface area contributed by atoms with Gasteiger partial charge in [0.15, 0.2) is 0 Å². The molecule has 0 unspecified atom stereocenters. The summed E-state index contributed by atoms with van der Waals surface area (Å²) in [4.78, 5) is 26.4. The molecule has 2 aliphatic rings. The van der Waals surface area contributed by atoms with E-state index in [9.17, 15) is 9.59 Å². The van der Waals surface area contributed by atoms with Crippen LogP contribution in [0.25, 0.3) is 0 Å². The van der Waals surface area contributed by atoms with Crippen molar-refractivity contribution in [3.8, 4) is 0 Å². The van der Waals surface area contributed by atoms with Gasteiger partial charge in [-0.15, -0.1) is 12.4 Å². The van der Waals surface area contributed by atoms with E-state index >= 15 is 0 Å². The fraction of sp³-hybridized carbons (Fsp3) is 0.529. The van der Waals surface area contributed by atoms with E-state index in [2.05, 4.69) is 5.32 Å². The number of nitrogens with zero attached hydrogens (tertiary/aromatic N) is 1. The van der Waals surface area contributed by atoms with Gasteiger partial charge in [0, 0.05) is 38.5 Å². The van der Waals surface area contributed by atoms with Crippen LogP contribution in [0.1, 0.15) is 18.4 Å². The van der Waals surface area contributed by atoms with Gasteiger partial charge in [0.2, 0.25) is 11.8 Å². The summed E-state index contributed by atoms with van der Waals surface area (Å²) in [7, 11) is 0. The van der Waals surface area contributed by atoms with Crippen molar-refractivity contribution in [2.75, 3.05) is 37.7 Å². The van der Waals surface area contributed by atoms with E-state index < -0.39 is 5.41 Å². The molecule has 0 aromatic heterocycles. The number of ether oxygens (including phenoxy) is 1. The number of hydrogen-bond acceptors (Lipinski definition) is 4. The molecule has 0 aliphatic carbocycles. The maximum atomic E-state index is 12.5. The van der Waals surface area contributed by atoms with Gasteiger partial charge in [0.25, 0.3) is 0 Å². The lowest BCUT2D eigenvalue weighted by molar-refractivity contribution is -0.135. The number of nitrogens with one attached hydrogen (secondary N) is 1. The van der Waals surface area contributed by atoms with Crippen LogP contribution in [0.15, 0.2) is 24.3 Å². The summed E-state index contributed by atoms with van der Waals surface area (Å²) in [6, 6.07) is 7.78. The smallest absolute Gasteiger partial charge is 0.231 e. The molecule has 0 atom stereocenters. The lowest BCUT2D eigenvalue weighted by Gasteiger charge is -2.34. The Kier molecular flexibility index (Phi) is 6.21. The van der Waals surface area contributed by atoms with Crippen LogP contribution in [0.5, 0.6) is 0 Å². The van der Waals surface area contributed by atoms with Crippen LogP contribution in [-0.2, 0) is 20.7 Å². The highest BCUT2D eigenvalue weighted by Crippen LogP contribution is 2.30. The van der Waals surface area contributed by atoms with Gasteiger partial charge in [0.1, 0.15) is 0 Å². The van der Waals surface area contributed by atoms with Gasteiger partial charge in [-0.05, 0) is 24.5 Å². The van der Waals surface area contributed by atoms with E-state index in [1.807, 2.05) is 24.3 Å². The van der Waals surface area contributed by atoms with Gasteiger partial charge in [0.05, 0.1) is 11.8 Å². The first-order valence-electron chi connectivity index (χ1n) is 8.11. The molecule has 0 saturated carbocycles. The van der Waals surface area contributed by atoms with Gasteiger partial charge in [-0.3, -0.25) is 9.59 Å². The van der Waals surface area contributed by atoms with E-state index in [-0.39, 0.29) is 24.2 Å². The molecule has 0 spiro atoms. The molecule has 132 valence electrons. The van der Waals surface area contributed by atoms with Crippen molar-refractivity contribution >= 4 is 29.9 Å². The van der Waals surface area contributed by atoms with Crippen LogP contribution in [0.4, 0.5) is 5.69 Å². The molecule has 1 fully saturated rings. The Morgan fingerprint density at radius 2 is 2.00 bits per heavy atom. The standard InChI is InChI=1S/C17H23N3O3.ClH/c18-12-17(5-9-23-10-6-17)16(22)19-7-8-20-14-4-2-1-3-13(14)11-15(20)21;/h1-4H,5-12,18H2,(H,19,22);1H. The van der Waals surface area contributed by atoms with Gasteiger partial charge in [-0.2, -0.15) is 0 Å². The summed E-state index contributed by atoms with van der Waals surface area (Å²) in [5.74, 6) is 0.0586. The van der Waals surface area contributed by atoms with E-state index in [0.29, 0.717) is 52.1 Å². The van der Waals surface area contributed by atoms with Crippen LogP contribution < -0.4 is 16.0 Å². The number of rotatable bonds is 5. The van der Waals surface area contributed by atoms with Gasteiger partial charge in [-0.25, -0.2) is 0 Å². The highest BCUT2D eigenvalue weighted by molar-refractivity contribution is 6.01. The minimum Gasteiger partial charge on any atom is -0.381 e. The normalized spacial score (nSPS) is 18.7. The van der Waals surface area contributed by atoms with Crippen molar-refractivity contribution < 1.29 is 14.3 Å². The number of nitrogens with two attached hydrogens (primary N) is 1. The monoisotopic (exact) mass is 353 g/mol. The molecule has 6 nitrogen and oxygen atoms in total. The number of carbonyl (C=O) groups is 2. The second-order valence-corrected chi connectivity index (χ2v) is 6.20. The topological polar surface area (TPSA) is 84.7 Å². The Morgan fingerprint density at radius 1 is 1.29 bits per heavy atom. The number of halogens is 1. The minimum atomic E-state index is -0.523. The predicted molar refractivity (Wildman–Crippen MR) is 94.3 cm³/mol. The quantitative estimate of drug-likeness (QED) is 0.822. The Morgan fingerprint density at radius 3 is 2.71 bits per heavy atom. The van der Waals surface area contributed by atoms with Crippen LogP contribution in [0.2, 0.25) is 0 Å². The Bertz CT molecular complexity index is 602. The fourth-order valence-corrected chi connectivity index (χ4v) is 3.32. The number of hydrogen-bond donors (Lipinski definition) is 2. The van der Waals surface area contributed by atoms with Crippen LogP contribution in [-0.4, -0.2) is 44.7 Å². The highest BCUT2D eigenvalue weighted by atomic mass is 35.5. The second-order valence-electron chi connectivity index (χ2n) is 6.20. The zero-order valence-corrected chi connectivity index (χ0v) is 14.4. The zero-order chi connectivity index (χ0) is 16.3. The van der Waals surface area contributed by atoms with Crippen molar-refractivity contribution in [1.29, 1.82) is 0 Å². The molecule has 0 bridgehead atoms. The highest BCUT2D eigenvalue weighted by Gasteiger charge is 2.38. The average Bonchev–Trinajstić information content (AvgIpc) is 2.91. The molecular formula is C17H24ClN3O3. The first-order chi connectivity index (χ1) is 11.2. The fourth-order valence-electron chi connectivity index (χ4n) is 3.32. The molecule has 3 rings (SSSR count). The molecule has 0 radical (unpaired) electrons. The van der Waals surface area contributed by atoms with Crippen molar-refractivity contribution in [2.24, 2.45) is 11.1 Å². The molecule has 1 aromatic carbocycles. The first kappa shape index (κ1) is 18.7. The minimum absolute atomic E-state index is 0. The maximum absolute atomic E-state index is 12.5. The molecular weight excluding hydrogens is 330 g/mol. The third-order valence-electron chi connectivity index (χ3n) is 4.87. The number of carbonyl (C=O) groups excluding carboxylic acids is 2. The summed E-state index contributed by atoms with van der Waals surface area (Å²) in [5, 5.41) is 2.95. The molecule has 1 aromatic rings. The molecule has 1 saturated heterocycles. The van der Waals surface area contributed by atoms with E-state index in [1.165, 1.54) is 0 Å². The third-order valence-corrected chi connectivity index (χ3v) is 4.87. The SMILES string of the molecule is Cl.NCC1(C(=O)NCCN2C(=O)Cc3ccccc32)CCOCC1. The van der Waals surface area contributed by atoms with E-state index in [4.69, 9.17) is 10.5 Å². The van der Waals surface area contributed by atoms with E-state index in [1.54, 1.807) is 4.90 Å². The number of amides is 2. The van der Waals surface area contributed by atoms with Crippen molar-refractivity contribution in [3.05, 3.63) is 29.8 Å². The molecule has 24 heavy (non-hydrogen) atoms. The summed E-state index contributed by atoms with van der Waals surface area (Å²) < 4.78 is 5.33. The number of benzene rings is 1. The zero-order valence-electron chi connectivity index (χ0n) is 13.6. The van der Waals surface area contributed by atoms with Crippen LogP contribution in [0, 0.1) is 5.41 Å². The largest absolute Gasteiger partial charge is 0.381 e. The lowest BCUT2D eigenvalue weighted by Crippen LogP contribution is -2.50. The summed E-state index contributed by atoms with van der Waals surface area (Å²) in [6.07, 6.45) is 1.75. The van der Waals surface area contributed by atoms with Crippen LogP contribution in [0.3, 0.4) is 0 Å². The third kappa shape index (κ3) is 3.55. The van der Waals surface area contributed by atoms with Gasteiger partial charge in [-0.1, -0.05) is 18.2 Å². The summed E-state index contributed by atoms with van der Waals surface area (Å²) >= 11 is 0. The molecule has 2 heterocycles. The average molecular weight is 354 g/mol.